The summed E-state index contributed by atoms with van der Waals surface area (Å²) in [7, 11) is 0. The average Bonchev–Trinajstić information content (AvgIpc) is 2.80. The number of aryl methyl sites for hydroxylation is 2. The van der Waals surface area contributed by atoms with Crippen molar-refractivity contribution in [2.24, 2.45) is 0 Å². The Labute approximate surface area is 111 Å². The van der Waals surface area contributed by atoms with Gasteiger partial charge in [0.25, 0.3) is 0 Å². The molecule has 0 spiro atoms. The first-order valence-corrected chi connectivity index (χ1v) is 6.95. The number of anilines is 1. The average molecular weight is 264 g/mol. The quantitative estimate of drug-likeness (QED) is 0.889. The van der Waals surface area contributed by atoms with Gasteiger partial charge in [0, 0.05) is 5.38 Å². The van der Waals surface area contributed by atoms with Crippen molar-refractivity contribution in [1.29, 1.82) is 0 Å². The monoisotopic (exact) mass is 264 g/mol. The molecule has 0 aliphatic heterocycles. The molecule has 0 aliphatic rings. The molecule has 1 heterocycles. The second-order valence-electron chi connectivity index (χ2n) is 4.37. The van der Waals surface area contributed by atoms with Gasteiger partial charge in [-0.15, -0.1) is 11.3 Å². The fourth-order valence-corrected chi connectivity index (χ4v) is 2.56. The summed E-state index contributed by atoms with van der Waals surface area (Å²) in [4.78, 5) is 4.45. The van der Waals surface area contributed by atoms with Gasteiger partial charge in [-0.3, -0.25) is 0 Å². The van der Waals surface area contributed by atoms with Gasteiger partial charge in [0.1, 0.15) is 5.82 Å². The second kappa shape index (κ2) is 5.48. The predicted octanol–water partition coefficient (Wildman–Crippen LogP) is 4.33. The van der Waals surface area contributed by atoms with E-state index in [1.54, 1.807) is 24.3 Å². The summed E-state index contributed by atoms with van der Waals surface area (Å²) in [6.45, 7) is 5.86. The lowest BCUT2D eigenvalue weighted by Crippen LogP contribution is -2.07. The normalized spacial score (nSPS) is 12.4. The van der Waals surface area contributed by atoms with Crippen LogP contribution in [0.2, 0.25) is 0 Å². The molecule has 1 N–H and O–H groups in total. The predicted molar refractivity (Wildman–Crippen MR) is 74.7 cm³/mol. The number of nitrogens with zero attached hydrogens (tertiary/aromatic N) is 1. The highest BCUT2D eigenvalue weighted by Crippen LogP contribution is 2.23. The van der Waals surface area contributed by atoms with Crippen molar-refractivity contribution < 1.29 is 4.39 Å². The molecule has 0 fully saturated rings. The van der Waals surface area contributed by atoms with Gasteiger partial charge in [0.05, 0.1) is 11.7 Å². The molecule has 1 aromatic heterocycles. The van der Waals surface area contributed by atoms with Gasteiger partial charge >= 0.3 is 0 Å². The van der Waals surface area contributed by atoms with Crippen molar-refractivity contribution in [2.45, 2.75) is 33.2 Å². The van der Waals surface area contributed by atoms with Gasteiger partial charge in [0.2, 0.25) is 0 Å². The zero-order valence-corrected chi connectivity index (χ0v) is 11.6. The van der Waals surface area contributed by atoms with E-state index in [1.165, 1.54) is 0 Å². The standard InChI is InChI=1S/C14H17FN2S/c1-4-12-8-18-14(17-12)16-10(3)11-6-5-9(2)13(15)7-11/h5-8,10H,4H2,1-3H3,(H,16,17). The Hall–Kier alpha value is -1.42. The number of benzene rings is 1. The minimum atomic E-state index is -0.158. The molecule has 2 aromatic rings. The van der Waals surface area contributed by atoms with Crippen molar-refractivity contribution in [3.8, 4) is 0 Å². The Morgan fingerprint density at radius 2 is 2.22 bits per heavy atom. The van der Waals surface area contributed by atoms with Gasteiger partial charge < -0.3 is 5.32 Å². The van der Waals surface area contributed by atoms with Gasteiger partial charge in [0.15, 0.2) is 5.13 Å². The third kappa shape index (κ3) is 2.88. The molecule has 2 rings (SSSR count). The van der Waals surface area contributed by atoms with Crippen LogP contribution in [0.25, 0.3) is 0 Å². The zero-order valence-electron chi connectivity index (χ0n) is 10.8. The van der Waals surface area contributed by atoms with Crippen LogP contribution in [-0.4, -0.2) is 4.98 Å². The SMILES string of the molecule is CCc1csc(NC(C)c2ccc(C)c(F)c2)n1. The largest absolute Gasteiger partial charge is 0.355 e. The van der Waals surface area contributed by atoms with Gasteiger partial charge in [-0.05, 0) is 37.5 Å². The zero-order chi connectivity index (χ0) is 13.1. The van der Waals surface area contributed by atoms with Gasteiger partial charge in [-0.2, -0.15) is 0 Å². The number of halogens is 1. The van der Waals surface area contributed by atoms with Crippen molar-refractivity contribution in [1.82, 2.24) is 4.98 Å². The number of hydrogen-bond acceptors (Lipinski definition) is 3. The van der Waals surface area contributed by atoms with E-state index in [-0.39, 0.29) is 11.9 Å². The Balaban J connectivity index is 2.11. The van der Waals surface area contributed by atoms with Crippen LogP contribution < -0.4 is 5.32 Å². The van der Waals surface area contributed by atoms with Crippen LogP contribution in [0.4, 0.5) is 9.52 Å². The van der Waals surface area contributed by atoms with E-state index < -0.39 is 0 Å². The number of thiazole rings is 1. The molecular weight excluding hydrogens is 247 g/mol. The van der Waals surface area contributed by atoms with E-state index >= 15 is 0 Å². The molecule has 0 saturated carbocycles. The van der Waals surface area contributed by atoms with E-state index in [0.29, 0.717) is 5.56 Å². The number of hydrogen-bond donors (Lipinski definition) is 1. The first kappa shape index (κ1) is 13.0. The summed E-state index contributed by atoms with van der Waals surface area (Å²) in [5.74, 6) is -0.158. The fourth-order valence-electron chi connectivity index (χ4n) is 1.68. The van der Waals surface area contributed by atoms with Gasteiger partial charge in [-0.25, -0.2) is 9.37 Å². The molecule has 0 aliphatic carbocycles. The van der Waals surface area contributed by atoms with E-state index in [2.05, 4.69) is 17.2 Å². The smallest absolute Gasteiger partial charge is 0.183 e. The van der Waals surface area contributed by atoms with Crippen LogP contribution >= 0.6 is 11.3 Å². The van der Waals surface area contributed by atoms with E-state index in [4.69, 9.17) is 0 Å². The maximum Gasteiger partial charge on any atom is 0.183 e. The molecule has 1 unspecified atom stereocenters. The van der Waals surface area contributed by atoms with E-state index in [1.807, 2.05) is 24.4 Å². The van der Waals surface area contributed by atoms with Crippen LogP contribution in [0, 0.1) is 12.7 Å². The van der Waals surface area contributed by atoms with E-state index in [9.17, 15) is 4.39 Å². The molecular formula is C14H17FN2S. The highest BCUT2D eigenvalue weighted by molar-refractivity contribution is 7.13. The Bertz CT molecular complexity index is 536. The molecule has 4 heteroatoms. The summed E-state index contributed by atoms with van der Waals surface area (Å²) >= 11 is 1.59. The molecule has 2 nitrogen and oxygen atoms in total. The maximum absolute atomic E-state index is 13.5. The molecule has 1 aromatic carbocycles. The molecule has 0 saturated heterocycles. The van der Waals surface area contributed by atoms with Crippen LogP contribution in [0.15, 0.2) is 23.6 Å². The summed E-state index contributed by atoms with van der Waals surface area (Å²) in [6, 6.07) is 5.39. The molecule has 0 radical (unpaired) electrons. The molecule has 96 valence electrons. The number of nitrogens with one attached hydrogen (secondary N) is 1. The Morgan fingerprint density at radius 1 is 1.44 bits per heavy atom. The number of aromatic nitrogens is 1. The van der Waals surface area contributed by atoms with Gasteiger partial charge in [-0.1, -0.05) is 19.1 Å². The first-order chi connectivity index (χ1) is 8.60. The lowest BCUT2D eigenvalue weighted by Gasteiger charge is -2.13. The van der Waals surface area contributed by atoms with Crippen LogP contribution in [-0.2, 0) is 6.42 Å². The first-order valence-electron chi connectivity index (χ1n) is 6.07. The van der Waals surface area contributed by atoms with Crippen molar-refractivity contribution in [2.75, 3.05) is 5.32 Å². The van der Waals surface area contributed by atoms with Crippen molar-refractivity contribution in [3.05, 3.63) is 46.2 Å². The summed E-state index contributed by atoms with van der Waals surface area (Å²) in [6.07, 6.45) is 0.936. The third-order valence-corrected chi connectivity index (χ3v) is 3.77. The lowest BCUT2D eigenvalue weighted by molar-refractivity contribution is 0.614. The highest BCUT2D eigenvalue weighted by Gasteiger charge is 2.09. The van der Waals surface area contributed by atoms with Crippen LogP contribution in [0.3, 0.4) is 0 Å². The highest BCUT2D eigenvalue weighted by atomic mass is 32.1. The maximum atomic E-state index is 13.5. The fraction of sp³-hybridized carbons (Fsp3) is 0.357. The minimum absolute atomic E-state index is 0.0518. The Kier molecular flexibility index (Phi) is 3.97. The number of rotatable bonds is 4. The molecule has 1 atom stereocenters. The second-order valence-corrected chi connectivity index (χ2v) is 5.23. The van der Waals surface area contributed by atoms with E-state index in [0.717, 1.165) is 22.8 Å². The van der Waals surface area contributed by atoms with Crippen molar-refractivity contribution >= 4 is 16.5 Å². The molecule has 0 bridgehead atoms. The lowest BCUT2D eigenvalue weighted by atomic mass is 10.1. The molecule has 18 heavy (non-hydrogen) atoms. The van der Waals surface area contributed by atoms with Crippen LogP contribution in [0.5, 0.6) is 0 Å². The minimum Gasteiger partial charge on any atom is -0.355 e. The summed E-state index contributed by atoms with van der Waals surface area (Å²) < 4.78 is 13.5. The molecule has 0 amide bonds. The topological polar surface area (TPSA) is 24.9 Å². The Morgan fingerprint density at radius 3 is 2.83 bits per heavy atom. The summed E-state index contributed by atoms with van der Waals surface area (Å²) in [5, 5.41) is 6.24. The summed E-state index contributed by atoms with van der Waals surface area (Å²) in [5.41, 5.74) is 2.70. The van der Waals surface area contributed by atoms with Crippen molar-refractivity contribution in [3.63, 3.8) is 0 Å². The van der Waals surface area contributed by atoms with Crippen LogP contribution in [0.1, 0.15) is 36.7 Å². The third-order valence-electron chi connectivity index (χ3n) is 2.95.